The van der Waals surface area contributed by atoms with Crippen molar-refractivity contribution < 1.29 is 18.3 Å². The molecule has 8 heteroatoms. The molecule has 106 valence electrons. The molecule has 0 atom stereocenters. The molecule has 0 saturated heterocycles. The number of aliphatic hydroxyl groups is 1. The monoisotopic (exact) mass is 287 g/mol. The molecule has 19 heavy (non-hydrogen) atoms. The number of amides is 1. The summed E-state index contributed by atoms with van der Waals surface area (Å²) in [6.45, 7) is 0.432. The highest BCUT2D eigenvalue weighted by Gasteiger charge is 2.42. The molecular weight excluding hydrogens is 270 g/mol. The van der Waals surface area contributed by atoms with E-state index in [0.29, 0.717) is 6.54 Å². The van der Waals surface area contributed by atoms with E-state index >= 15 is 0 Å². The maximum Gasteiger partial charge on any atom is 0.267 e. The van der Waals surface area contributed by atoms with Gasteiger partial charge in [0.2, 0.25) is 10.0 Å². The smallest absolute Gasteiger partial charge is 0.267 e. The van der Waals surface area contributed by atoms with Gasteiger partial charge in [0.05, 0.1) is 6.61 Å². The molecule has 1 aromatic rings. The van der Waals surface area contributed by atoms with Crippen molar-refractivity contribution in [1.82, 2.24) is 9.88 Å². The number of sulfonamides is 1. The molecule has 1 aliphatic carbocycles. The molecular formula is C11H17N3O4S. The number of aryl methyl sites for hydroxylation is 1. The van der Waals surface area contributed by atoms with E-state index in [1.807, 2.05) is 0 Å². The summed E-state index contributed by atoms with van der Waals surface area (Å²) in [5, 5.41) is 16.9. The third kappa shape index (κ3) is 2.96. The summed E-state index contributed by atoms with van der Waals surface area (Å²) in [5.41, 5.74) is 0.0293. The first-order chi connectivity index (χ1) is 8.77. The number of nitrogens with zero attached hydrogens (tertiary/aromatic N) is 1. The Kier molecular flexibility index (Phi) is 3.41. The van der Waals surface area contributed by atoms with Crippen molar-refractivity contribution in [3.05, 3.63) is 18.0 Å². The second-order valence-electron chi connectivity index (χ2n) is 5.06. The fourth-order valence-electron chi connectivity index (χ4n) is 1.84. The van der Waals surface area contributed by atoms with E-state index in [-0.39, 0.29) is 28.5 Å². The molecule has 2 rings (SSSR count). The van der Waals surface area contributed by atoms with Crippen molar-refractivity contribution in [3.8, 4) is 0 Å². The summed E-state index contributed by atoms with van der Waals surface area (Å²) in [7, 11) is -2.24. The lowest BCUT2D eigenvalue weighted by molar-refractivity contribution is 0.0927. The normalized spacial score (nSPS) is 17.2. The molecule has 0 unspecified atom stereocenters. The van der Waals surface area contributed by atoms with Crippen molar-refractivity contribution in [1.29, 1.82) is 0 Å². The van der Waals surface area contributed by atoms with Crippen LogP contribution >= 0.6 is 0 Å². The van der Waals surface area contributed by atoms with E-state index < -0.39 is 10.0 Å². The van der Waals surface area contributed by atoms with Crippen LogP contribution in [0, 0.1) is 5.41 Å². The molecule has 7 nitrogen and oxygen atoms in total. The van der Waals surface area contributed by atoms with Crippen LogP contribution in [0.25, 0.3) is 0 Å². The van der Waals surface area contributed by atoms with Crippen LogP contribution in [0.5, 0.6) is 0 Å². The molecule has 1 heterocycles. The fraction of sp³-hybridized carbons (Fsp3) is 0.545. The van der Waals surface area contributed by atoms with Gasteiger partial charge in [0, 0.05) is 25.2 Å². The zero-order valence-corrected chi connectivity index (χ0v) is 11.4. The molecule has 0 spiro atoms. The van der Waals surface area contributed by atoms with Crippen molar-refractivity contribution in [2.45, 2.75) is 17.7 Å². The lowest BCUT2D eigenvalue weighted by Crippen LogP contribution is -2.32. The fourth-order valence-corrected chi connectivity index (χ4v) is 2.42. The third-order valence-corrected chi connectivity index (χ3v) is 4.34. The van der Waals surface area contributed by atoms with Crippen LogP contribution in [0.1, 0.15) is 23.3 Å². The quantitative estimate of drug-likeness (QED) is 0.656. The number of rotatable bonds is 5. The molecule has 1 fully saturated rings. The van der Waals surface area contributed by atoms with Crippen molar-refractivity contribution in [2.75, 3.05) is 13.2 Å². The SMILES string of the molecule is Cn1cc(S(N)(=O)=O)cc1C(=O)NCC1(CO)CC1. The Balaban J connectivity index is 2.09. The van der Waals surface area contributed by atoms with Crippen LogP contribution in [0.3, 0.4) is 0 Å². The van der Waals surface area contributed by atoms with Gasteiger partial charge in [0.25, 0.3) is 5.91 Å². The largest absolute Gasteiger partial charge is 0.396 e. The Hall–Kier alpha value is -1.38. The molecule has 1 aliphatic rings. The highest BCUT2D eigenvalue weighted by molar-refractivity contribution is 7.89. The summed E-state index contributed by atoms with van der Waals surface area (Å²) in [6, 6.07) is 1.24. The molecule has 0 aromatic carbocycles. The minimum atomic E-state index is -3.81. The summed E-state index contributed by atoms with van der Waals surface area (Å²) >= 11 is 0. The Bertz CT molecular complexity index is 601. The first-order valence-electron chi connectivity index (χ1n) is 5.86. The number of primary sulfonamides is 1. The highest BCUT2D eigenvalue weighted by atomic mass is 32.2. The van der Waals surface area contributed by atoms with Crippen molar-refractivity contribution in [2.24, 2.45) is 17.6 Å². The van der Waals surface area contributed by atoms with E-state index in [9.17, 15) is 13.2 Å². The van der Waals surface area contributed by atoms with Gasteiger partial charge in [-0.05, 0) is 18.9 Å². The van der Waals surface area contributed by atoms with Crippen LogP contribution in [-0.4, -0.2) is 37.2 Å². The summed E-state index contributed by atoms with van der Waals surface area (Å²) in [6.07, 6.45) is 3.07. The number of nitrogens with one attached hydrogen (secondary N) is 1. The zero-order valence-electron chi connectivity index (χ0n) is 10.6. The van der Waals surface area contributed by atoms with E-state index in [0.717, 1.165) is 12.8 Å². The second kappa shape index (κ2) is 4.62. The van der Waals surface area contributed by atoms with Gasteiger partial charge >= 0.3 is 0 Å². The summed E-state index contributed by atoms with van der Waals surface area (Å²) in [4.78, 5) is 11.9. The topological polar surface area (TPSA) is 114 Å². The number of aliphatic hydroxyl groups excluding tert-OH is 1. The first-order valence-corrected chi connectivity index (χ1v) is 7.40. The molecule has 0 aliphatic heterocycles. The lowest BCUT2D eigenvalue weighted by Gasteiger charge is -2.12. The van der Waals surface area contributed by atoms with Gasteiger partial charge in [-0.1, -0.05) is 0 Å². The maximum atomic E-state index is 11.9. The Morgan fingerprint density at radius 3 is 2.63 bits per heavy atom. The van der Waals surface area contributed by atoms with E-state index in [2.05, 4.69) is 5.32 Å². The van der Waals surface area contributed by atoms with E-state index in [1.165, 1.54) is 16.8 Å². The van der Waals surface area contributed by atoms with Gasteiger partial charge in [0.1, 0.15) is 10.6 Å². The number of hydrogen-bond acceptors (Lipinski definition) is 4. The standard InChI is InChI=1S/C11H17N3O4S/c1-14-5-8(19(12,17)18)4-9(14)10(16)13-6-11(7-15)2-3-11/h4-5,15H,2-3,6-7H2,1H3,(H,13,16)(H2,12,17,18). The average Bonchev–Trinajstić information content (AvgIpc) is 3.00. The number of hydrogen-bond donors (Lipinski definition) is 3. The van der Waals surface area contributed by atoms with Crippen LogP contribution in [0.2, 0.25) is 0 Å². The number of nitrogens with two attached hydrogens (primary N) is 1. The molecule has 1 amide bonds. The van der Waals surface area contributed by atoms with Gasteiger partial charge in [-0.15, -0.1) is 0 Å². The predicted molar refractivity (Wildman–Crippen MR) is 67.9 cm³/mol. The Morgan fingerprint density at radius 2 is 2.21 bits per heavy atom. The van der Waals surface area contributed by atoms with Crippen LogP contribution in [0.4, 0.5) is 0 Å². The van der Waals surface area contributed by atoms with E-state index in [1.54, 1.807) is 7.05 Å². The predicted octanol–water partition coefficient (Wildman–Crippen LogP) is -0.825. The molecule has 4 N–H and O–H groups in total. The first kappa shape index (κ1) is 14.0. The molecule has 1 aromatic heterocycles. The second-order valence-corrected chi connectivity index (χ2v) is 6.62. The minimum Gasteiger partial charge on any atom is -0.396 e. The van der Waals surface area contributed by atoms with Gasteiger partial charge in [-0.3, -0.25) is 4.79 Å². The van der Waals surface area contributed by atoms with Crippen LogP contribution < -0.4 is 10.5 Å². The number of aromatic nitrogens is 1. The maximum absolute atomic E-state index is 11.9. The van der Waals surface area contributed by atoms with Gasteiger partial charge in [-0.2, -0.15) is 0 Å². The van der Waals surface area contributed by atoms with Gasteiger partial charge in [0.15, 0.2) is 0 Å². The highest BCUT2D eigenvalue weighted by Crippen LogP contribution is 2.44. The van der Waals surface area contributed by atoms with Gasteiger partial charge in [-0.25, -0.2) is 13.6 Å². The number of carbonyl (C=O) groups excluding carboxylic acids is 1. The lowest BCUT2D eigenvalue weighted by atomic mass is 10.1. The molecule has 0 bridgehead atoms. The zero-order chi connectivity index (χ0) is 14.3. The van der Waals surface area contributed by atoms with Gasteiger partial charge < -0.3 is 15.0 Å². The minimum absolute atomic E-state index is 0.0445. The Morgan fingerprint density at radius 1 is 1.58 bits per heavy atom. The average molecular weight is 287 g/mol. The summed E-state index contributed by atoms with van der Waals surface area (Å²) < 4.78 is 23.8. The third-order valence-electron chi connectivity index (χ3n) is 3.46. The molecule has 1 saturated carbocycles. The van der Waals surface area contributed by atoms with Crippen molar-refractivity contribution in [3.63, 3.8) is 0 Å². The Labute approximate surface area is 111 Å². The van der Waals surface area contributed by atoms with Crippen molar-refractivity contribution >= 4 is 15.9 Å². The van der Waals surface area contributed by atoms with E-state index in [4.69, 9.17) is 10.2 Å². The number of carbonyl (C=O) groups is 1. The molecule has 0 radical (unpaired) electrons. The van der Waals surface area contributed by atoms with Crippen LogP contribution in [-0.2, 0) is 17.1 Å². The summed E-state index contributed by atoms with van der Waals surface area (Å²) in [5.74, 6) is -0.378. The van der Waals surface area contributed by atoms with Crippen LogP contribution in [0.15, 0.2) is 17.2 Å².